The van der Waals surface area contributed by atoms with Gasteiger partial charge in [-0.1, -0.05) is 83.9 Å². The molecule has 2 heterocycles. The Hall–Kier alpha value is -4.64. The molecule has 5 heteroatoms. The minimum absolute atomic E-state index is 0.0609. The fraction of sp³-hybridized carbons (Fsp3) is 0.0667. The highest BCUT2D eigenvalue weighted by Gasteiger charge is 2.38. The van der Waals surface area contributed by atoms with Gasteiger partial charge in [0.15, 0.2) is 0 Å². The minimum atomic E-state index is -0.418. The molecule has 5 nitrogen and oxygen atoms in total. The number of nitrogens with zero attached hydrogens (tertiary/aromatic N) is 3. The van der Waals surface area contributed by atoms with Gasteiger partial charge >= 0.3 is 0 Å². The van der Waals surface area contributed by atoms with Crippen LogP contribution in [-0.4, -0.2) is 21.8 Å². The first-order valence-corrected chi connectivity index (χ1v) is 11.3. The van der Waals surface area contributed by atoms with Crippen molar-refractivity contribution in [2.24, 2.45) is 0 Å². The molecular formula is C30H23N3O2. The van der Waals surface area contributed by atoms with Crippen molar-refractivity contribution < 1.29 is 9.59 Å². The average Bonchev–Trinajstić information content (AvgIpc) is 3.13. The lowest BCUT2D eigenvalue weighted by molar-refractivity contribution is 0.0924. The van der Waals surface area contributed by atoms with E-state index in [1.807, 2.05) is 92.7 Å². The summed E-state index contributed by atoms with van der Waals surface area (Å²) in [7, 11) is 0. The molecule has 1 aromatic heterocycles. The molecule has 4 aromatic rings. The molecule has 0 aliphatic carbocycles. The molecular weight excluding hydrogens is 434 g/mol. The second-order valence-corrected chi connectivity index (χ2v) is 8.50. The molecule has 1 aliphatic heterocycles. The number of anilines is 1. The van der Waals surface area contributed by atoms with Crippen LogP contribution in [0, 0.1) is 13.8 Å². The van der Waals surface area contributed by atoms with Crippen LogP contribution in [0.2, 0.25) is 0 Å². The Balaban J connectivity index is 1.54. The van der Waals surface area contributed by atoms with Crippen molar-refractivity contribution in [2.45, 2.75) is 13.8 Å². The smallest absolute Gasteiger partial charge is 0.268 e. The van der Waals surface area contributed by atoms with Gasteiger partial charge in [0, 0.05) is 0 Å². The van der Waals surface area contributed by atoms with Crippen molar-refractivity contribution in [3.63, 3.8) is 0 Å². The zero-order chi connectivity index (χ0) is 24.4. The zero-order valence-electron chi connectivity index (χ0n) is 19.5. The molecule has 0 saturated carbocycles. The number of aromatic nitrogens is 2. The molecule has 0 atom stereocenters. The van der Waals surface area contributed by atoms with Crippen LogP contribution in [0.3, 0.4) is 0 Å². The third-order valence-corrected chi connectivity index (χ3v) is 5.80. The van der Waals surface area contributed by atoms with Gasteiger partial charge in [0.25, 0.3) is 11.8 Å². The Morgan fingerprint density at radius 2 is 1.03 bits per heavy atom. The average molecular weight is 458 g/mol. The maximum absolute atomic E-state index is 13.0. The highest BCUT2D eigenvalue weighted by Crippen LogP contribution is 2.27. The van der Waals surface area contributed by atoms with Crippen molar-refractivity contribution in [1.29, 1.82) is 0 Å². The first-order chi connectivity index (χ1) is 17.0. The standard InChI is InChI=1S/C30H23N3O2/c1-20-7-11-22(12-8-20)15-17-24-19-25(18-16-23-13-9-21(2)10-14-23)32-30(31-24)33-28(34)26-5-3-4-6-27(26)29(33)35/h3-19H,1-2H3/b17-15+,18-16+. The third-order valence-electron chi connectivity index (χ3n) is 5.80. The van der Waals surface area contributed by atoms with E-state index in [0.717, 1.165) is 16.0 Å². The lowest BCUT2D eigenvalue weighted by Gasteiger charge is -2.13. The fourth-order valence-electron chi connectivity index (χ4n) is 3.83. The molecule has 1 aliphatic rings. The Kier molecular flexibility index (Phi) is 5.90. The summed E-state index contributed by atoms with van der Waals surface area (Å²) in [6, 6.07) is 24.9. The molecule has 35 heavy (non-hydrogen) atoms. The Labute approximate surface area is 204 Å². The summed E-state index contributed by atoms with van der Waals surface area (Å²) in [6.45, 7) is 4.08. The molecule has 5 rings (SSSR count). The summed E-state index contributed by atoms with van der Waals surface area (Å²) in [5, 5.41) is 0. The Morgan fingerprint density at radius 3 is 1.46 bits per heavy atom. The summed E-state index contributed by atoms with van der Waals surface area (Å²) in [6.07, 6.45) is 7.61. The number of hydrogen-bond donors (Lipinski definition) is 0. The first-order valence-electron chi connectivity index (χ1n) is 11.3. The van der Waals surface area contributed by atoms with Gasteiger partial charge in [0.1, 0.15) is 0 Å². The second kappa shape index (κ2) is 9.31. The molecule has 0 bridgehead atoms. The van der Waals surface area contributed by atoms with Gasteiger partial charge < -0.3 is 0 Å². The van der Waals surface area contributed by atoms with E-state index in [1.54, 1.807) is 24.3 Å². The first kappa shape index (κ1) is 22.2. The normalized spacial score (nSPS) is 13.3. The van der Waals surface area contributed by atoms with Crippen molar-refractivity contribution in [1.82, 2.24) is 9.97 Å². The molecule has 0 N–H and O–H groups in total. The van der Waals surface area contributed by atoms with Crippen LogP contribution in [0.1, 0.15) is 54.4 Å². The van der Waals surface area contributed by atoms with Gasteiger partial charge in [-0.25, -0.2) is 14.9 Å². The van der Waals surface area contributed by atoms with E-state index in [4.69, 9.17) is 0 Å². The number of fused-ring (bicyclic) bond motifs is 1. The Bertz CT molecular complexity index is 1370. The summed E-state index contributed by atoms with van der Waals surface area (Å²) in [5.41, 5.74) is 6.31. The molecule has 0 unspecified atom stereocenters. The molecule has 0 spiro atoms. The molecule has 170 valence electrons. The predicted molar refractivity (Wildman–Crippen MR) is 140 cm³/mol. The lowest BCUT2D eigenvalue weighted by atomic mass is 10.1. The number of amides is 2. The molecule has 3 aromatic carbocycles. The summed E-state index contributed by atoms with van der Waals surface area (Å²) < 4.78 is 0. The van der Waals surface area contributed by atoms with E-state index >= 15 is 0 Å². The highest BCUT2D eigenvalue weighted by atomic mass is 16.2. The Morgan fingerprint density at radius 1 is 0.600 bits per heavy atom. The molecule has 0 saturated heterocycles. The van der Waals surface area contributed by atoms with Gasteiger partial charge in [-0.2, -0.15) is 0 Å². The van der Waals surface area contributed by atoms with Crippen LogP contribution < -0.4 is 4.90 Å². The van der Waals surface area contributed by atoms with E-state index < -0.39 is 11.8 Å². The second-order valence-electron chi connectivity index (χ2n) is 8.50. The number of carbonyl (C=O) groups excluding carboxylic acids is 2. The summed E-state index contributed by atoms with van der Waals surface area (Å²) >= 11 is 0. The highest BCUT2D eigenvalue weighted by molar-refractivity contribution is 6.33. The quantitative estimate of drug-likeness (QED) is 0.333. The topological polar surface area (TPSA) is 63.2 Å². The fourth-order valence-corrected chi connectivity index (χ4v) is 3.83. The largest absolute Gasteiger partial charge is 0.268 e. The van der Waals surface area contributed by atoms with Crippen molar-refractivity contribution in [3.05, 3.63) is 124 Å². The van der Waals surface area contributed by atoms with Crippen LogP contribution in [-0.2, 0) is 0 Å². The van der Waals surface area contributed by atoms with E-state index in [0.29, 0.717) is 22.5 Å². The SMILES string of the molecule is Cc1ccc(/C=C/c2cc(/C=C/c3ccc(C)cc3)nc(N3C(=O)c4ccccc4C3=O)n2)cc1. The van der Waals surface area contributed by atoms with Crippen LogP contribution in [0.4, 0.5) is 5.95 Å². The molecule has 2 amide bonds. The number of hydrogen-bond acceptors (Lipinski definition) is 4. The van der Waals surface area contributed by atoms with E-state index in [1.165, 1.54) is 11.1 Å². The summed E-state index contributed by atoms with van der Waals surface area (Å²) in [4.78, 5) is 36.2. The molecule has 0 radical (unpaired) electrons. The van der Waals surface area contributed by atoms with Gasteiger partial charge in [-0.15, -0.1) is 0 Å². The van der Waals surface area contributed by atoms with Crippen molar-refractivity contribution in [3.8, 4) is 0 Å². The number of rotatable bonds is 5. The number of benzene rings is 3. The maximum atomic E-state index is 13.0. The van der Waals surface area contributed by atoms with Crippen LogP contribution in [0.25, 0.3) is 24.3 Å². The monoisotopic (exact) mass is 457 g/mol. The van der Waals surface area contributed by atoms with Crippen molar-refractivity contribution in [2.75, 3.05) is 4.90 Å². The summed E-state index contributed by atoms with van der Waals surface area (Å²) in [5.74, 6) is -0.775. The van der Waals surface area contributed by atoms with E-state index in [-0.39, 0.29) is 5.95 Å². The number of aryl methyl sites for hydroxylation is 2. The lowest BCUT2D eigenvalue weighted by Crippen LogP contribution is -2.31. The van der Waals surface area contributed by atoms with Crippen LogP contribution in [0.5, 0.6) is 0 Å². The van der Waals surface area contributed by atoms with E-state index in [9.17, 15) is 9.59 Å². The van der Waals surface area contributed by atoms with Crippen LogP contribution >= 0.6 is 0 Å². The van der Waals surface area contributed by atoms with Crippen LogP contribution in [0.15, 0.2) is 78.9 Å². The zero-order valence-corrected chi connectivity index (χ0v) is 19.5. The third kappa shape index (κ3) is 4.70. The van der Waals surface area contributed by atoms with Gasteiger partial charge in [0.05, 0.1) is 22.5 Å². The minimum Gasteiger partial charge on any atom is -0.268 e. The maximum Gasteiger partial charge on any atom is 0.268 e. The molecule has 0 fully saturated rings. The van der Waals surface area contributed by atoms with Crippen molar-refractivity contribution >= 4 is 42.1 Å². The van der Waals surface area contributed by atoms with Gasteiger partial charge in [-0.05, 0) is 55.3 Å². The van der Waals surface area contributed by atoms with Gasteiger partial charge in [0.2, 0.25) is 5.95 Å². The number of imide groups is 1. The van der Waals surface area contributed by atoms with E-state index in [2.05, 4.69) is 9.97 Å². The van der Waals surface area contributed by atoms with Gasteiger partial charge in [-0.3, -0.25) is 9.59 Å². The number of carbonyl (C=O) groups is 2. The predicted octanol–water partition coefficient (Wildman–Crippen LogP) is 6.23.